The number of aromatic nitrogens is 2. The van der Waals surface area contributed by atoms with Crippen molar-refractivity contribution < 1.29 is 9.26 Å². The molecular weight excluding hydrogens is 242 g/mol. The van der Waals surface area contributed by atoms with Gasteiger partial charge in [0.25, 0.3) is 0 Å². The molecular formula is C14H25N3O2. The monoisotopic (exact) mass is 267 g/mol. The summed E-state index contributed by atoms with van der Waals surface area (Å²) < 4.78 is 10.6. The van der Waals surface area contributed by atoms with Crippen molar-refractivity contribution >= 4 is 0 Å². The molecule has 1 aromatic heterocycles. The Morgan fingerprint density at radius 2 is 2.21 bits per heavy atom. The number of hydrogen-bond acceptors (Lipinski definition) is 5. The average Bonchev–Trinajstić information content (AvgIpc) is 3.06. The third-order valence-corrected chi connectivity index (χ3v) is 3.68. The van der Waals surface area contributed by atoms with Crippen LogP contribution < -0.4 is 5.32 Å². The molecule has 1 saturated carbocycles. The lowest BCUT2D eigenvalue weighted by Gasteiger charge is -2.15. The largest absolute Gasteiger partial charge is 0.383 e. The first-order valence-electron chi connectivity index (χ1n) is 7.38. The quantitative estimate of drug-likeness (QED) is 0.783. The molecule has 2 rings (SSSR count). The second-order valence-electron chi connectivity index (χ2n) is 5.34. The van der Waals surface area contributed by atoms with Gasteiger partial charge in [-0.15, -0.1) is 0 Å². The SMILES string of the molecule is CCCNC(COC)Cc1nc(C2CCCC2)no1. The second-order valence-corrected chi connectivity index (χ2v) is 5.34. The van der Waals surface area contributed by atoms with E-state index in [2.05, 4.69) is 22.4 Å². The van der Waals surface area contributed by atoms with Crippen molar-refractivity contribution in [3.8, 4) is 0 Å². The van der Waals surface area contributed by atoms with Crippen molar-refractivity contribution in [1.82, 2.24) is 15.5 Å². The molecule has 0 aliphatic heterocycles. The van der Waals surface area contributed by atoms with Gasteiger partial charge in [0, 0.05) is 25.5 Å². The summed E-state index contributed by atoms with van der Waals surface area (Å²) in [5, 5.41) is 7.58. The second kappa shape index (κ2) is 7.60. The van der Waals surface area contributed by atoms with Crippen LogP contribution in [-0.2, 0) is 11.2 Å². The van der Waals surface area contributed by atoms with Crippen LogP contribution in [0.4, 0.5) is 0 Å². The van der Waals surface area contributed by atoms with E-state index in [0.717, 1.165) is 31.1 Å². The van der Waals surface area contributed by atoms with Crippen molar-refractivity contribution in [2.24, 2.45) is 0 Å². The van der Waals surface area contributed by atoms with E-state index in [0.29, 0.717) is 12.5 Å². The zero-order valence-electron chi connectivity index (χ0n) is 12.0. The molecule has 1 aliphatic rings. The Labute approximate surface area is 115 Å². The number of nitrogens with zero attached hydrogens (tertiary/aromatic N) is 2. The first-order chi connectivity index (χ1) is 9.33. The molecule has 19 heavy (non-hydrogen) atoms. The first-order valence-corrected chi connectivity index (χ1v) is 7.38. The molecule has 1 fully saturated rings. The molecule has 0 saturated heterocycles. The molecule has 1 atom stereocenters. The lowest BCUT2D eigenvalue weighted by Crippen LogP contribution is -2.35. The van der Waals surface area contributed by atoms with Crippen LogP contribution in [-0.4, -0.2) is 36.4 Å². The number of ether oxygens (including phenoxy) is 1. The lowest BCUT2D eigenvalue weighted by molar-refractivity contribution is 0.161. The topological polar surface area (TPSA) is 60.2 Å². The molecule has 1 N–H and O–H groups in total. The molecule has 1 heterocycles. The Morgan fingerprint density at radius 3 is 2.89 bits per heavy atom. The zero-order valence-corrected chi connectivity index (χ0v) is 12.0. The minimum absolute atomic E-state index is 0.252. The Balaban J connectivity index is 1.89. The van der Waals surface area contributed by atoms with Gasteiger partial charge in [-0.1, -0.05) is 24.9 Å². The molecule has 108 valence electrons. The molecule has 0 amide bonds. The van der Waals surface area contributed by atoms with E-state index >= 15 is 0 Å². The van der Waals surface area contributed by atoms with Crippen molar-refractivity contribution in [2.75, 3.05) is 20.3 Å². The van der Waals surface area contributed by atoms with Gasteiger partial charge in [-0.05, 0) is 25.8 Å². The molecule has 1 aromatic rings. The summed E-state index contributed by atoms with van der Waals surface area (Å²) in [6.07, 6.45) is 6.84. The fourth-order valence-corrected chi connectivity index (χ4v) is 2.65. The molecule has 0 radical (unpaired) electrons. The summed E-state index contributed by atoms with van der Waals surface area (Å²) in [5.74, 6) is 2.15. The van der Waals surface area contributed by atoms with Crippen LogP contribution >= 0.6 is 0 Å². The Kier molecular flexibility index (Phi) is 5.79. The number of rotatable bonds is 8. The van der Waals surface area contributed by atoms with Crippen LogP contribution in [0.3, 0.4) is 0 Å². The summed E-state index contributed by atoms with van der Waals surface area (Å²) >= 11 is 0. The molecule has 5 nitrogen and oxygen atoms in total. The van der Waals surface area contributed by atoms with E-state index in [4.69, 9.17) is 9.26 Å². The van der Waals surface area contributed by atoms with Crippen molar-refractivity contribution in [2.45, 2.75) is 57.4 Å². The van der Waals surface area contributed by atoms with Crippen LogP contribution in [0.25, 0.3) is 0 Å². The highest BCUT2D eigenvalue weighted by Crippen LogP contribution is 2.32. The Morgan fingerprint density at radius 1 is 1.42 bits per heavy atom. The zero-order chi connectivity index (χ0) is 13.5. The van der Waals surface area contributed by atoms with Crippen LogP contribution in [0, 0.1) is 0 Å². The maximum atomic E-state index is 5.38. The van der Waals surface area contributed by atoms with E-state index < -0.39 is 0 Å². The van der Waals surface area contributed by atoms with Gasteiger partial charge in [-0.3, -0.25) is 0 Å². The fraction of sp³-hybridized carbons (Fsp3) is 0.857. The predicted octanol–water partition coefficient (Wildman–Crippen LogP) is 2.28. The average molecular weight is 267 g/mol. The van der Waals surface area contributed by atoms with Gasteiger partial charge >= 0.3 is 0 Å². The van der Waals surface area contributed by atoms with Crippen LogP contribution in [0.1, 0.15) is 56.7 Å². The standard InChI is InChI=1S/C14H25N3O2/c1-3-8-15-12(10-18-2)9-13-16-14(17-19-13)11-6-4-5-7-11/h11-12,15H,3-10H2,1-2H3. The highest BCUT2D eigenvalue weighted by Gasteiger charge is 2.23. The molecule has 0 aromatic carbocycles. The van der Waals surface area contributed by atoms with Crippen LogP contribution in [0.2, 0.25) is 0 Å². The van der Waals surface area contributed by atoms with E-state index in [-0.39, 0.29) is 6.04 Å². The number of hydrogen-bond donors (Lipinski definition) is 1. The molecule has 0 bridgehead atoms. The van der Waals surface area contributed by atoms with Crippen LogP contribution in [0.5, 0.6) is 0 Å². The normalized spacial score (nSPS) is 18.0. The smallest absolute Gasteiger partial charge is 0.228 e. The van der Waals surface area contributed by atoms with Gasteiger partial charge < -0.3 is 14.6 Å². The van der Waals surface area contributed by atoms with Gasteiger partial charge in [0.15, 0.2) is 5.82 Å². The summed E-state index contributed by atoms with van der Waals surface area (Å²) in [4.78, 5) is 4.55. The number of nitrogens with one attached hydrogen (secondary N) is 1. The molecule has 5 heteroatoms. The fourth-order valence-electron chi connectivity index (χ4n) is 2.65. The summed E-state index contributed by atoms with van der Waals surface area (Å²) in [7, 11) is 1.72. The van der Waals surface area contributed by atoms with E-state index in [1.165, 1.54) is 25.7 Å². The van der Waals surface area contributed by atoms with Gasteiger partial charge in [-0.25, -0.2) is 0 Å². The number of methoxy groups -OCH3 is 1. The van der Waals surface area contributed by atoms with E-state index in [1.54, 1.807) is 7.11 Å². The van der Waals surface area contributed by atoms with Gasteiger partial charge in [0.1, 0.15) is 0 Å². The van der Waals surface area contributed by atoms with Crippen molar-refractivity contribution in [3.63, 3.8) is 0 Å². The Hall–Kier alpha value is -0.940. The van der Waals surface area contributed by atoms with E-state index in [1.807, 2.05) is 0 Å². The molecule has 0 spiro atoms. The lowest BCUT2D eigenvalue weighted by atomic mass is 10.1. The summed E-state index contributed by atoms with van der Waals surface area (Å²) in [6.45, 7) is 3.81. The third kappa shape index (κ3) is 4.28. The highest BCUT2D eigenvalue weighted by molar-refractivity contribution is 4.98. The summed E-state index contributed by atoms with van der Waals surface area (Å²) in [6, 6.07) is 0.252. The maximum Gasteiger partial charge on any atom is 0.228 e. The van der Waals surface area contributed by atoms with Crippen LogP contribution in [0.15, 0.2) is 4.52 Å². The molecule has 1 aliphatic carbocycles. The minimum Gasteiger partial charge on any atom is -0.383 e. The van der Waals surface area contributed by atoms with Gasteiger partial charge in [0.05, 0.1) is 6.61 Å². The highest BCUT2D eigenvalue weighted by atomic mass is 16.5. The Bertz CT molecular complexity index is 361. The third-order valence-electron chi connectivity index (χ3n) is 3.68. The molecule has 1 unspecified atom stereocenters. The van der Waals surface area contributed by atoms with E-state index in [9.17, 15) is 0 Å². The minimum atomic E-state index is 0.252. The first kappa shape index (κ1) is 14.5. The van der Waals surface area contributed by atoms with Crippen molar-refractivity contribution in [1.29, 1.82) is 0 Å². The predicted molar refractivity (Wildman–Crippen MR) is 73.2 cm³/mol. The maximum absolute atomic E-state index is 5.38. The van der Waals surface area contributed by atoms with Crippen molar-refractivity contribution in [3.05, 3.63) is 11.7 Å². The summed E-state index contributed by atoms with van der Waals surface area (Å²) in [5.41, 5.74) is 0. The van der Waals surface area contributed by atoms with Gasteiger partial charge in [-0.2, -0.15) is 4.98 Å². The van der Waals surface area contributed by atoms with Gasteiger partial charge in [0.2, 0.25) is 5.89 Å².